The number of hydrogen-bond donors (Lipinski definition) is 1. The van der Waals surface area contributed by atoms with Crippen LogP contribution in [0.1, 0.15) is 21.5 Å². The summed E-state index contributed by atoms with van der Waals surface area (Å²) < 4.78 is 17.7. The van der Waals surface area contributed by atoms with Crippen LogP contribution in [0.4, 0.5) is 4.39 Å². The van der Waals surface area contributed by atoms with E-state index < -0.39 is 18.4 Å². The average molecular weight is 198 g/mol. The Labute approximate surface area is 81.1 Å². The molecule has 1 aromatic rings. The van der Waals surface area contributed by atoms with Crippen LogP contribution in [-0.4, -0.2) is 18.2 Å². The van der Waals surface area contributed by atoms with Crippen LogP contribution in [0.15, 0.2) is 12.1 Å². The number of esters is 1. The quantitative estimate of drug-likeness (QED) is 0.731. The van der Waals surface area contributed by atoms with Gasteiger partial charge in [-0.3, -0.25) is 0 Å². The normalized spacial score (nSPS) is 10.0. The Balaban J connectivity index is 3.37. The van der Waals surface area contributed by atoms with Gasteiger partial charge in [-0.1, -0.05) is 6.07 Å². The molecule has 1 aromatic carbocycles. The van der Waals surface area contributed by atoms with Gasteiger partial charge in [0.1, 0.15) is 5.82 Å². The van der Waals surface area contributed by atoms with Crippen LogP contribution in [0.3, 0.4) is 0 Å². The van der Waals surface area contributed by atoms with Gasteiger partial charge in [-0.25, -0.2) is 9.18 Å². The first-order chi connectivity index (χ1) is 6.61. The molecule has 1 N–H and O–H groups in total. The van der Waals surface area contributed by atoms with Crippen molar-refractivity contribution in [1.29, 1.82) is 0 Å². The monoisotopic (exact) mass is 198 g/mol. The van der Waals surface area contributed by atoms with Gasteiger partial charge in [0.2, 0.25) is 0 Å². The summed E-state index contributed by atoms with van der Waals surface area (Å²) >= 11 is 0. The molecule has 1 rings (SSSR count). The Morgan fingerprint density at radius 1 is 1.57 bits per heavy atom. The van der Waals surface area contributed by atoms with Crippen LogP contribution >= 0.6 is 0 Å². The van der Waals surface area contributed by atoms with Gasteiger partial charge in [0.05, 0.1) is 19.3 Å². The standard InChI is InChI=1S/C10H11FO3/c1-6-3-4-8(11)7(5-12)9(6)10(13)14-2/h3-4,12H,5H2,1-2H3. The molecule has 0 aliphatic carbocycles. The molecule has 0 saturated heterocycles. The molecule has 0 atom stereocenters. The number of halogens is 1. The van der Waals surface area contributed by atoms with Crippen LogP contribution in [0, 0.1) is 12.7 Å². The zero-order valence-corrected chi connectivity index (χ0v) is 8.00. The smallest absolute Gasteiger partial charge is 0.338 e. The van der Waals surface area contributed by atoms with Crippen LogP contribution in [0.5, 0.6) is 0 Å². The fraction of sp³-hybridized carbons (Fsp3) is 0.300. The second-order valence-corrected chi connectivity index (χ2v) is 2.87. The van der Waals surface area contributed by atoms with Crippen molar-refractivity contribution in [2.45, 2.75) is 13.5 Å². The van der Waals surface area contributed by atoms with Crippen molar-refractivity contribution < 1.29 is 19.0 Å². The molecule has 0 bridgehead atoms. The van der Waals surface area contributed by atoms with Gasteiger partial charge in [0, 0.05) is 5.56 Å². The summed E-state index contributed by atoms with van der Waals surface area (Å²) in [6.07, 6.45) is 0. The van der Waals surface area contributed by atoms with Crippen LogP contribution in [-0.2, 0) is 11.3 Å². The average Bonchev–Trinajstić information content (AvgIpc) is 2.19. The van der Waals surface area contributed by atoms with Crippen molar-refractivity contribution in [3.05, 3.63) is 34.6 Å². The Morgan fingerprint density at radius 3 is 2.71 bits per heavy atom. The maximum Gasteiger partial charge on any atom is 0.338 e. The topological polar surface area (TPSA) is 46.5 Å². The zero-order chi connectivity index (χ0) is 10.7. The van der Waals surface area contributed by atoms with Crippen LogP contribution < -0.4 is 0 Å². The Bertz CT molecular complexity index is 361. The molecule has 0 aliphatic heterocycles. The van der Waals surface area contributed by atoms with Gasteiger partial charge in [-0.05, 0) is 18.6 Å². The minimum absolute atomic E-state index is 0.0168. The third kappa shape index (κ3) is 1.75. The number of carbonyl (C=O) groups excluding carboxylic acids is 1. The molecule has 0 saturated carbocycles. The van der Waals surface area contributed by atoms with Gasteiger partial charge < -0.3 is 9.84 Å². The summed E-state index contributed by atoms with van der Waals surface area (Å²) in [5.74, 6) is -1.23. The van der Waals surface area contributed by atoms with E-state index >= 15 is 0 Å². The highest BCUT2D eigenvalue weighted by Crippen LogP contribution is 2.18. The summed E-state index contributed by atoms with van der Waals surface area (Å²) in [5, 5.41) is 8.92. The lowest BCUT2D eigenvalue weighted by atomic mass is 10.0. The zero-order valence-electron chi connectivity index (χ0n) is 8.00. The molecule has 0 fully saturated rings. The SMILES string of the molecule is COC(=O)c1c(C)ccc(F)c1CO. The van der Waals surface area contributed by atoms with Crippen molar-refractivity contribution >= 4 is 5.97 Å². The number of aliphatic hydroxyl groups excluding tert-OH is 1. The fourth-order valence-electron chi connectivity index (χ4n) is 1.28. The van der Waals surface area contributed by atoms with E-state index in [1.165, 1.54) is 19.2 Å². The highest BCUT2D eigenvalue weighted by Gasteiger charge is 2.17. The Hall–Kier alpha value is -1.42. The van der Waals surface area contributed by atoms with Crippen molar-refractivity contribution in [3.8, 4) is 0 Å². The van der Waals surface area contributed by atoms with Crippen molar-refractivity contribution in [3.63, 3.8) is 0 Å². The number of aliphatic hydroxyl groups is 1. The summed E-state index contributed by atoms with van der Waals surface area (Å²) in [6, 6.07) is 2.69. The van der Waals surface area contributed by atoms with E-state index in [1.807, 2.05) is 0 Å². The maximum atomic E-state index is 13.2. The van der Waals surface area contributed by atoms with Crippen LogP contribution in [0.25, 0.3) is 0 Å². The van der Waals surface area contributed by atoms with Gasteiger partial charge >= 0.3 is 5.97 Å². The molecular formula is C10H11FO3. The number of ether oxygens (including phenoxy) is 1. The summed E-state index contributed by atoms with van der Waals surface area (Å²) in [6.45, 7) is 1.14. The molecule has 0 amide bonds. The first-order valence-electron chi connectivity index (χ1n) is 4.09. The van der Waals surface area contributed by atoms with E-state index in [4.69, 9.17) is 5.11 Å². The molecule has 0 spiro atoms. The second kappa shape index (κ2) is 4.19. The highest BCUT2D eigenvalue weighted by atomic mass is 19.1. The molecule has 14 heavy (non-hydrogen) atoms. The van der Waals surface area contributed by atoms with E-state index in [2.05, 4.69) is 4.74 Å². The molecule has 3 nitrogen and oxygen atoms in total. The van der Waals surface area contributed by atoms with Crippen molar-refractivity contribution in [1.82, 2.24) is 0 Å². The van der Waals surface area contributed by atoms with Gasteiger partial charge in [-0.2, -0.15) is 0 Å². The molecule has 0 unspecified atom stereocenters. The van der Waals surface area contributed by atoms with Crippen LogP contribution in [0.2, 0.25) is 0 Å². The third-order valence-corrected chi connectivity index (χ3v) is 2.01. The number of methoxy groups -OCH3 is 1. The lowest BCUT2D eigenvalue weighted by molar-refractivity contribution is 0.0595. The molecule has 4 heteroatoms. The minimum Gasteiger partial charge on any atom is -0.465 e. The Kier molecular flexibility index (Phi) is 3.19. The molecule has 76 valence electrons. The van der Waals surface area contributed by atoms with E-state index in [9.17, 15) is 9.18 Å². The number of benzene rings is 1. The predicted molar refractivity (Wildman–Crippen MR) is 48.4 cm³/mol. The number of hydrogen-bond acceptors (Lipinski definition) is 3. The fourth-order valence-corrected chi connectivity index (χ4v) is 1.28. The van der Waals surface area contributed by atoms with Gasteiger partial charge in [-0.15, -0.1) is 0 Å². The van der Waals surface area contributed by atoms with Crippen molar-refractivity contribution in [2.75, 3.05) is 7.11 Å². The molecule has 0 aliphatic rings. The van der Waals surface area contributed by atoms with Gasteiger partial charge in [0.15, 0.2) is 0 Å². The summed E-state index contributed by atoms with van der Waals surface area (Å²) in [5.41, 5.74) is 0.675. The van der Waals surface area contributed by atoms with E-state index in [0.717, 1.165) is 0 Å². The predicted octanol–water partition coefficient (Wildman–Crippen LogP) is 1.41. The highest BCUT2D eigenvalue weighted by molar-refractivity contribution is 5.92. The first-order valence-corrected chi connectivity index (χ1v) is 4.09. The minimum atomic E-state index is -0.633. The van der Waals surface area contributed by atoms with E-state index in [0.29, 0.717) is 5.56 Å². The summed E-state index contributed by atoms with van der Waals surface area (Å²) in [4.78, 5) is 11.3. The molecule has 0 aromatic heterocycles. The molecule has 0 radical (unpaired) electrons. The lowest BCUT2D eigenvalue weighted by Gasteiger charge is -2.09. The van der Waals surface area contributed by atoms with E-state index in [-0.39, 0.29) is 11.1 Å². The summed E-state index contributed by atoms with van der Waals surface area (Å²) in [7, 11) is 1.22. The van der Waals surface area contributed by atoms with Gasteiger partial charge in [0.25, 0.3) is 0 Å². The maximum absolute atomic E-state index is 13.2. The third-order valence-electron chi connectivity index (χ3n) is 2.01. The first kappa shape index (κ1) is 10.7. The second-order valence-electron chi connectivity index (χ2n) is 2.87. The number of aryl methyl sites for hydroxylation is 1. The largest absolute Gasteiger partial charge is 0.465 e. The molecule has 0 heterocycles. The molecular weight excluding hydrogens is 187 g/mol. The number of carbonyl (C=O) groups is 1. The lowest BCUT2D eigenvalue weighted by Crippen LogP contribution is -2.10. The van der Waals surface area contributed by atoms with Crippen molar-refractivity contribution in [2.24, 2.45) is 0 Å². The number of rotatable bonds is 2. The van der Waals surface area contributed by atoms with E-state index in [1.54, 1.807) is 6.92 Å². The Morgan fingerprint density at radius 2 is 2.21 bits per heavy atom.